The van der Waals surface area contributed by atoms with Gasteiger partial charge in [-0.25, -0.2) is 18.2 Å². The highest BCUT2D eigenvalue weighted by Crippen LogP contribution is 2.56. The number of hydrogen-bond acceptors (Lipinski definition) is 7. The molecular weight excluding hydrogens is 581 g/mol. The van der Waals surface area contributed by atoms with Gasteiger partial charge in [0.25, 0.3) is 0 Å². The minimum absolute atomic E-state index is 0.0163. The highest BCUT2D eigenvalue weighted by molar-refractivity contribution is 6.04. The molecule has 1 N–H and O–H groups in total. The van der Waals surface area contributed by atoms with Gasteiger partial charge in [-0.05, 0) is 74.4 Å². The molecule has 8 rings (SSSR count). The van der Waals surface area contributed by atoms with Gasteiger partial charge in [-0.1, -0.05) is 24.1 Å². The number of phenolic OH excluding ortho intramolecular Hbond substituents is 1. The quantitative estimate of drug-likeness (QED) is 0.196. The number of fused-ring (bicyclic) bond motifs is 4. The first-order valence-corrected chi connectivity index (χ1v) is 15.4. The molecule has 10 heteroatoms. The Labute approximate surface area is 258 Å². The summed E-state index contributed by atoms with van der Waals surface area (Å²) in [6.45, 7) is 5.34. The Balaban J connectivity index is 1.33. The number of piperidine rings is 1. The topological polar surface area (TPSA) is 80.6 Å². The lowest BCUT2D eigenvalue weighted by atomic mass is 9.81. The van der Waals surface area contributed by atoms with Gasteiger partial charge in [-0.3, -0.25) is 0 Å². The number of phenols is 1. The third-order valence-corrected chi connectivity index (χ3v) is 10.1. The van der Waals surface area contributed by atoms with E-state index in [2.05, 4.69) is 27.4 Å². The molecule has 4 atom stereocenters. The molecule has 1 saturated heterocycles. The minimum atomic E-state index is -0.899. The molecule has 0 spiro atoms. The zero-order chi connectivity index (χ0) is 31.0. The van der Waals surface area contributed by atoms with E-state index in [1.54, 1.807) is 0 Å². The summed E-state index contributed by atoms with van der Waals surface area (Å²) in [5.74, 6) is 1.48. The van der Waals surface area contributed by atoms with Crippen LogP contribution in [0.25, 0.3) is 32.9 Å². The Hall–Kier alpha value is -4.52. The predicted molar refractivity (Wildman–Crippen MR) is 164 cm³/mol. The Bertz CT molecular complexity index is 1960. The number of nitrogens with zero attached hydrogens (tertiary/aromatic N) is 4. The molecule has 2 aliphatic heterocycles. The highest BCUT2D eigenvalue weighted by Gasteiger charge is 2.52. The average Bonchev–Trinajstić information content (AvgIpc) is 3.42. The summed E-state index contributed by atoms with van der Waals surface area (Å²) in [6.07, 6.45) is 9.90. The first-order chi connectivity index (χ1) is 21.7. The van der Waals surface area contributed by atoms with Crippen molar-refractivity contribution in [3.8, 4) is 41.2 Å². The van der Waals surface area contributed by atoms with Crippen molar-refractivity contribution < 1.29 is 27.8 Å². The first-order valence-electron chi connectivity index (χ1n) is 15.4. The fourth-order valence-electron chi connectivity index (χ4n) is 8.16. The van der Waals surface area contributed by atoms with E-state index in [1.165, 1.54) is 24.3 Å². The molecule has 2 aliphatic carbocycles. The number of rotatable bonds is 4. The van der Waals surface area contributed by atoms with Crippen molar-refractivity contribution in [2.75, 3.05) is 24.7 Å². The van der Waals surface area contributed by atoms with Crippen molar-refractivity contribution in [3.05, 3.63) is 53.6 Å². The maximum atomic E-state index is 16.9. The number of pyridine rings is 1. The molecular formula is C35H31F3N4O3. The van der Waals surface area contributed by atoms with Crippen molar-refractivity contribution in [2.45, 2.75) is 57.2 Å². The van der Waals surface area contributed by atoms with E-state index in [0.29, 0.717) is 49.0 Å². The molecule has 45 heavy (non-hydrogen) atoms. The maximum Gasteiger partial charge on any atom is 0.319 e. The zero-order valence-electron chi connectivity index (χ0n) is 24.6. The molecule has 4 aromatic rings. The van der Waals surface area contributed by atoms with Crippen molar-refractivity contribution in [1.29, 1.82) is 0 Å². The third kappa shape index (κ3) is 4.38. The molecule has 2 aromatic carbocycles. The molecule has 2 aromatic heterocycles. The summed E-state index contributed by atoms with van der Waals surface area (Å²) in [7, 11) is 0. The lowest BCUT2D eigenvalue weighted by molar-refractivity contribution is 0.112. The van der Waals surface area contributed by atoms with Crippen LogP contribution in [0.2, 0.25) is 0 Å². The Morgan fingerprint density at radius 1 is 1.18 bits per heavy atom. The maximum absolute atomic E-state index is 16.9. The van der Waals surface area contributed by atoms with Crippen LogP contribution in [0.4, 0.5) is 19.0 Å². The van der Waals surface area contributed by atoms with Crippen LogP contribution >= 0.6 is 0 Å². The molecule has 0 radical (unpaired) electrons. The van der Waals surface area contributed by atoms with Crippen LogP contribution in [0.15, 0.2) is 36.4 Å². The lowest BCUT2D eigenvalue weighted by Crippen LogP contribution is -2.42. The number of hydrogen-bond donors (Lipinski definition) is 1. The van der Waals surface area contributed by atoms with Crippen LogP contribution in [0.5, 0.6) is 17.6 Å². The number of anilines is 1. The van der Waals surface area contributed by atoms with Gasteiger partial charge in [0, 0.05) is 22.9 Å². The summed E-state index contributed by atoms with van der Waals surface area (Å²) in [4.78, 5) is 16.1. The summed E-state index contributed by atoms with van der Waals surface area (Å²) in [6, 6.07) is 5.39. The third-order valence-electron chi connectivity index (χ3n) is 10.1. The molecule has 0 amide bonds. The number of aromatic nitrogens is 3. The fourth-order valence-corrected chi connectivity index (χ4v) is 8.16. The minimum Gasteiger partial charge on any atom is -0.508 e. The van der Waals surface area contributed by atoms with Gasteiger partial charge in [-0.15, -0.1) is 6.42 Å². The monoisotopic (exact) mass is 612 g/mol. The van der Waals surface area contributed by atoms with Crippen LogP contribution in [-0.2, 0) is 0 Å². The van der Waals surface area contributed by atoms with Crippen molar-refractivity contribution in [2.24, 2.45) is 11.3 Å². The van der Waals surface area contributed by atoms with E-state index in [-0.39, 0.29) is 63.9 Å². The number of ether oxygens (including phenoxy) is 2. The van der Waals surface area contributed by atoms with E-state index in [1.807, 2.05) is 0 Å². The summed E-state index contributed by atoms with van der Waals surface area (Å²) >= 11 is 0. The Morgan fingerprint density at radius 2 is 2.04 bits per heavy atom. The first kappa shape index (κ1) is 28.0. The van der Waals surface area contributed by atoms with Gasteiger partial charge < -0.3 is 19.5 Å². The van der Waals surface area contributed by atoms with Gasteiger partial charge in [0.05, 0.1) is 18.2 Å². The average molecular weight is 613 g/mol. The van der Waals surface area contributed by atoms with Crippen LogP contribution in [-0.4, -0.2) is 52.0 Å². The van der Waals surface area contributed by atoms with Gasteiger partial charge in [-0.2, -0.15) is 9.97 Å². The summed E-state index contributed by atoms with van der Waals surface area (Å²) < 4.78 is 58.9. The van der Waals surface area contributed by atoms with Gasteiger partial charge in [0.1, 0.15) is 46.8 Å². The standard InChI is InChI=1S/C35H31F3N4O3/c1-3-24-26(37)8-7-19-11-23(43)13-25(27(19)24)30-29(38)31-28-32(42-9-5-4-6-22(42)16-44-33(28)39-30)41-34(40-31)45-17-35-14-18(2)10-20(35)12-21(36)15-35/h1,7-8,11,13,20-22,43H,2,4-6,9-10,12,14-17H2/t20?,21?,22-,35-/m0/s1. The molecule has 0 bridgehead atoms. The molecule has 2 unspecified atom stereocenters. The lowest BCUT2D eigenvalue weighted by Gasteiger charge is -2.35. The summed E-state index contributed by atoms with van der Waals surface area (Å²) in [5.41, 5.74) is 0.446. The van der Waals surface area contributed by atoms with Crippen molar-refractivity contribution >= 4 is 27.5 Å². The van der Waals surface area contributed by atoms with E-state index in [4.69, 9.17) is 20.9 Å². The van der Waals surface area contributed by atoms with Gasteiger partial charge in [0.2, 0.25) is 5.88 Å². The Kier molecular flexibility index (Phi) is 6.38. The second kappa shape index (κ2) is 10.3. The highest BCUT2D eigenvalue weighted by atomic mass is 19.1. The van der Waals surface area contributed by atoms with Crippen molar-refractivity contribution in [1.82, 2.24) is 15.0 Å². The van der Waals surface area contributed by atoms with Crippen LogP contribution in [0.3, 0.4) is 0 Å². The Morgan fingerprint density at radius 3 is 2.89 bits per heavy atom. The largest absolute Gasteiger partial charge is 0.508 e. The molecule has 7 nitrogen and oxygen atoms in total. The van der Waals surface area contributed by atoms with Gasteiger partial charge in [0.15, 0.2) is 5.82 Å². The predicted octanol–water partition coefficient (Wildman–Crippen LogP) is 7.02. The molecule has 4 aliphatic rings. The van der Waals surface area contributed by atoms with E-state index < -0.39 is 23.2 Å². The molecule has 3 fully saturated rings. The molecule has 230 valence electrons. The van der Waals surface area contributed by atoms with Crippen LogP contribution in [0, 0.1) is 35.3 Å². The van der Waals surface area contributed by atoms with E-state index in [0.717, 1.165) is 31.3 Å². The second-order valence-corrected chi connectivity index (χ2v) is 13.0. The number of terminal acetylenes is 1. The van der Waals surface area contributed by atoms with Crippen LogP contribution in [0.1, 0.15) is 50.5 Å². The zero-order valence-corrected chi connectivity index (χ0v) is 24.6. The van der Waals surface area contributed by atoms with E-state index in [9.17, 15) is 13.9 Å². The number of alkyl halides is 1. The normalized spacial score (nSPS) is 25.5. The van der Waals surface area contributed by atoms with Crippen LogP contribution < -0.4 is 14.4 Å². The van der Waals surface area contributed by atoms with E-state index >= 15 is 4.39 Å². The number of benzene rings is 2. The summed E-state index contributed by atoms with van der Waals surface area (Å²) in [5, 5.41) is 11.6. The molecule has 2 saturated carbocycles. The fraction of sp³-hybridized carbons (Fsp3) is 0.400. The second-order valence-electron chi connectivity index (χ2n) is 13.0. The van der Waals surface area contributed by atoms with Crippen molar-refractivity contribution in [3.63, 3.8) is 0 Å². The molecule has 4 heterocycles. The number of halogens is 3. The smallest absolute Gasteiger partial charge is 0.319 e. The number of aromatic hydroxyl groups is 1. The van der Waals surface area contributed by atoms with Gasteiger partial charge >= 0.3 is 6.01 Å². The SMILES string of the molecule is C#Cc1c(F)ccc2cc(O)cc(-c3nc4c5c(nc(OC[C@@]67CC(=C)CC6CC(F)C7)nc5c3F)N3CCCC[C@H]3CO4)c12. The number of allylic oxidation sites excluding steroid dienone is 1.